The van der Waals surface area contributed by atoms with Crippen LogP contribution in [-0.4, -0.2) is 77.4 Å². The van der Waals surface area contributed by atoms with Crippen LogP contribution in [0.1, 0.15) is 39.0 Å². The summed E-state index contributed by atoms with van der Waals surface area (Å²) in [4.78, 5) is 30.1. The van der Waals surface area contributed by atoms with Crippen LogP contribution in [0, 0.1) is 0 Å². The van der Waals surface area contributed by atoms with E-state index in [4.69, 9.17) is 5.73 Å². The van der Waals surface area contributed by atoms with Crippen LogP contribution >= 0.6 is 0 Å². The lowest BCUT2D eigenvalue weighted by molar-refractivity contribution is -0.133. The number of nitrogens with zero attached hydrogens (tertiary/aromatic N) is 3. The fourth-order valence-electron chi connectivity index (χ4n) is 4.57. The van der Waals surface area contributed by atoms with Gasteiger partial charge in [0.2, 0.25) is 11.8 Å². The first-order valence-electron chi connectivity index (χ1n) is 8.57. The van der Waals surface area contributed by atoms with Crippen LogP contribution in [0.4, 0.5) is 0 Å². The third-order valence-corrected chi connectivity index (χ3v) is 5.94. The first kappa shape index (κ1) is 15.7. The van der Waals surface area contributed by atoms with E-state index in [0.29, 0.717) is 6.04 Å². The number of carbonyl (C=O) groups excluding carboxylic acids is 2. The molecule has 3 saturated heterocycles. The Labute approximate surface area is 132 Å². The van der Waals surface area contributed by atoms with Gasteiger partial charge in [0, 0.05) is 52.2 Å². The van der Waals surface area contributed by atoms with Crippen LogP contribution in [-0.2, 0) is 9.59 Å². The predicted octanol–water partition coefficient (Wildman–Crippen LogP) is 0.0229. The lowest BCUT2D eigenvalue weighted by atomic mass is 9.87. The topological polar surface area (TPSA) is 69.9 Å². The second kappa shape index (κ2) is 6.16. The number of hydrogen-bond donors (Lipinski definition) is 1. The summed E-state index contributed by atoms with van der Waals surface area (Å²) in [5.41, 5.74) is 5.38. The fourth-order valence-corrected chi connectivity index (χ4v) is 4.57. The number of carbonyl (C=O) groups is 2. The predicted molar refractivity (Wildman–Crippen MR) is 84.2 cm³/mol. The van der Waals surface area contributed by atoms with Gasteiger partial charge in [0.1, 0.15) is 5.54 Å². The highest BCUT2D eigenvalue weighted by molar-refractivity contribution is 5.85. The van der Waals surface area contributed by atoms with Crippen LogP contribution in [0.3, 0.4) is 0 Å². The Morgan fingerprint density at radius 1 is 1.09 bits per heavy atom. The molecule has 22 heavy (non-hydrogen) atoms. The highest BCUT2D eigenvalue weighted by Gasteiger charge is 2.52. The SMILES string of the molecule is CC(=O)N1CCN(CCN2[C@@H]3CCC[C@@]2(C(N)=O)CC3)CC1. The minimum Gasteiger partial charge on any atom is -0.368 e. The van der Waals surface area contributed by atoms with Crippen molar-refractivity contribution in [3.05, 3.63) is 0 Å². The average molecular weight is 308 g/mol. The van der Waals surface area contributed by atoms with E-state index in [-0.39, 0.29) is 17.4 Å². The van der Waals surface area contributed by atoms with Gasteiger partial charge in [-0.15, -0.1) is 0 Å². The number of piperidine rings is 1. The number of fused-ring (bicyclic) bond motifs is 2. The largest absolute Gasteiger partial charge is 0.368 e. The van der Waals surface area contributed by atoms with Crippen molar-refractivity contribution in [3.8, 4) is 0 Å². The Morgan fingerprint density at radius 3 is 2.45 bits per heavy atom. The van der Waals surface area contributed by atoms with E-state index >= 15 is 0 Å². The van der Waals surface area contributed by atoms with Crippen molar-refractivity contribution in [3.63, 3.8) is 0 Å². The number of piperazine rings is 1. The Hall–Kier alpha value is -1.14. The zero-order chi connectivity index (χ0) is 15.7. The zero-order valence-electron chi connectivity index (χ0n) is 13.6. The van der Waals surface area contributed by atoms with Gasteiger partial charge in [0.15, 0.2) is 0 Å². The molecule has 3 rings (SSSR count). The molecule has 0 aromatic carbocycles. The minimum atomic E-state index is -0.371. The molecule has 3 fully saturated rings. The van der Waals surface area contributed by atoms with Gasteiger partial charge in [-0.25, -0.2) is 0 Å². The molecule has 0 spiro atoms. The summed E-state index contributed by atoms with van der Waals surface area (Å²) in [6, 6.07) is 0.541. The van der Waals surface area contributed by atoms with Gasteiger partial charge in [-0.05, 0) is 32.1 Å². The molecular formula is C16H28N4O2. The van der Waals surface area contributed by atoms with Crippen molar-refractivity contribution in [2.24, 2.45) is 5.73 Å². The van der Waals surface area contributed by atoms with Crippen molar-refractivity contribution < 1.29 is 9.59 Å². The van der Waals surface area contributed by atoms with Gasteiger partial charge in [0.25, 0.3) is 0 Å². The van der Waals surface area contributed by atoms with E-state index in [9.17, 15) is 9.59 Å². The minimum absolute atomic E-state index is 0.129. The maximum absolute atomic E-state index is 12.0. The van der Waals surface area contributed by atoms with Gasteiger partial charge < -0.3 is 10.6 Å². The van der Waals surface area contributed by atoms with Gasteiger partial charge in [-0.2, -0.15) is 0 Å². The quantitative estimate of drug-likeness (QED) is 0.795. The summed E-state index contributed by atoms with van der Waals surface area (Å²) >= 11 is 0. The normalized spacial score (nSPS) is 33.1. The molecule has 0 aromatic heterocycles. The Morgan fingerprint density at radius 2 is 1.82 bits per heavy atom. The second-order valence-corrected chi connectivity index (χ2v) is 7.02. The number of nitrogens with two attached hydrogens (primary N) is 1. The van der Waals surface area contributed by atoms with Crippen molar-refractivity contribution in [1.29, 1.82) is 0 Å². The van der Waals surface area contributed by atoms with Gasteiger partial charge >= 0.3 is 0 Å². The molecule has 3 aliphatic heterocycles. The van der Waals surface area contributed by atoms with E-state index in [1.165, 1.54) is 6.42 Å². The summed E-state index contributed by atoms with van der Waals surface area (Å²) in [5.74, 6) is 0.0394. The van der Waals surface area contributed by atoms with Gasteiger partial charge in [-0.3, -0.25) is 19.4 Å². The number of hydrogen-bond acceptors (Lipinski definition) is 4. The number of amides is 2. The van der Waals surface area contributed by atoms with Crippen LogP contribution < -0.4 is 5.73 Å². The third-order valence-electron chi connectivity index (χ3n) is 5.94. The maximum Gasteiger partial charge on any atom is 0.237 e. The molecule has 124 valence electrons. The molecule has 3 heterocycles. The summed E-state index contributed by atoms with van der Waals surface area (Å²) in [5, 5.41) is 0. The van der Waals surface area contributed by atoms with E-state index in [0.717, 1.165) is 65.0 Å². The van der Waals surface area contributed by atoms with Crippen LogP contribution in [0.15, 0.2) is 0 Å². The monoisotopic (exact) mass is 308 g/mol. The van der Waals surface area contributed by atoms with Crippen LogP contribution in [0.5, 0.6) is 0 Å². The Kier molecular flexibility index (Phi) is 4.41. The molecular weight excluding hydrogens is 280 g/mol. The molecule has 0 radical (unpaired) electrons. The second-order valence-electron chi connectivity index (χ2n) is 7.02. The van der Waals surface area contributed by atoms with Crippen molar-refractivity contribution in [2.75, 3.05) is 39.3 Å². The maximum atomic E-state index is 12.0. The molecule has 2 amide bonds. The molecule has 3 aliphatic rings. The molecule has 0 aliphatic carbocycles. The van der Waals surface area contributed by atoms with Gasteiger partial charge in [0.05, 0.1) is 0 Å². The first-order chi connectivity index (χ1) is 10.5. The average Bonchev–Trinajstić information content (AvgIpc) is 2.71. The van der Waals surface area contributed by atoms with E-state index in [1.807, 2.05) is 4.90 Å². The summed E-state index contributed by atoms with van der Waals surface area (Å²) in [6.45, 7) is 7.03. The van der Waals surface area contributed by atoms with E-state index in [1.54, 1.807) is 6.92 Å². The van der Waals surface area contributed by atoms with E-state index < -0.39 is 0 Å². The molecule has 0 saturated carbocycles. The standard InChI is InChI=1S/C16H28N4O2/c1-13(21)19-10-7-18(8-11-19)9-12-20-14-3-2-5-16(20,6-4-14)15(17)22/h14H,2-12H2,1H3,(H2,17,22)/t14-,16+/m1/s1. The molecule has 0 aromatic rings. The Balaban J connectivity index is 1.55. The van der Waals surface area contributed by atoms with Crippen molar-refractivity contribution >= 4 is 11.8 Å². The lowest BCUT2D eigenvalue weighted by Gasteiger charge is -2.44. The van der Waals surface area contributed by atoms with E-state index in [2.05, 4.69) is 9.80 Å². The molecule has 6 nitrogen and oxygen atoms in total. The molecule has 0 unspecified atom stereocenters. The van der Waals surface area contributed by atoms with Crippen molar-refractivity contribution in [1.82, 2.24) is 14.7 Å². The Bertz CT molecular complexity index is 443. The fraction of sp³-hybridized carbons (Fsp3) is 0.875. The molecule has 2 bridgehead atoms. The summed E-state index contributed by atoms with van der Waals surface area (Å²) in [6.07, 6.45) is 5.30. The highest BCUT2D eigenvalue weighted by Crippen LogP contribution is 2.43. The highest BCUT2D eigenvalue weighted by atomic mass is 16.2. The molecule has 2 N–H and O–H groups in total. The zero-order valence-corrected chi connectivity index (χ0v) is 13.6. The van der Waals surface area contributed by atoms with Crippen molar-refractivity contribution in [2.45, 2.75) is 50.6 Å². The van der Waals surface area contributed by atoms with Crippen LogP contribution in [0.25, 0.3) is 0 Å². The van der Waals surface area contributed by atoms with Crippen LogP contribution in [0.2, 0.25) is 0 Å². The molecule has 6 heteroatoms. The number of primary amides is 1. The lowest BCUT2D eigenvalue weighted by Crippen LogP contribution is -2.60. The summed E-state index contributed by atoms with van der Waals surface area (Å²) < 4.78 is 0. The smallest absolute Gasteiger partial charge is 0.237 e. The summed E-state index contributed by atoms with van der Waals surface area (Å²) in [7, 11) is 0. The molecule has 2 atom stereocenters. The third kappa shape index (κ3) is 2.74. The first-order valence-corrected chi connectivity index (χ1v) is 8.57. The van der Waals surface area contributed by atoms with Gasteiger partial charge in [-0.1, -0.05) is 0 Å². The number of rotatable bonds is 4.